The lowest BCUT2D eigenvalue weighted by Crippen LogP contribution is -1.91. The van der Waals surface area contributed by atoms with Crippen molar-refractivity contribution in [3.8, 4) is 0 Å². The van der Waals surface area contributed by atoms with Crippen LogP contribution in [0, 0.1) is 0 Å². The smallest absolute Gasteiger partial charge is 0.119 e. The van der Waals surface area contributed by atoms with Gasteiger partial charge in [-0.2, -0.15) is 0 Å². The molecule has 0 fully saturated rings. The molecule has 0 heterocycles. The molecule has 1 N–H and O–H groups in total. The molecule has 0 aliphatic rings. The van der Waals surface area contributed by atoms with Crippen LogP contribution in [0.5, 0.6) is 0 Å². The van der Waals surface area contributed by atoms with E-state index in [1.54, 1.807) is 6.21 Å². The Morgan fingerprint density at radius 1 is 1.45 bits per heavy atom. The topological polar surface area (TPSA) is 41.8 Å². The van der Waals surface area contributed by atoms with Gasteiger partial charge in [0.05, 0.1) is 0 Å². The van der Waals surface area contributed by atoms with Gasteiger partial charge in [0, 0.05) is 19.2 Å². The number of hydrogen-bond acceptors (Lipinski definition) is 3. The number of aliphatic hydroxyl groups is 1. The van der Waals surface area contributed by atoms with Gasteiger partial charge in [0.15, 0.2) is 0 Å². The van der Waals surface area contributed by atoms with Crippen molar-refractivity contribution in [1.82, 2.24) is 0 Å². The van der Waals surface area contributed by atoms with Gasteiger partial charge in [0.2, 0.25) is 0 Å². The quantitative estimate of drug-likeness (QED) is 0.348. The number of hydrogen-bond donors (Lipinski definition) is 1. The zero-order chi connectivity index (χ0) is 8.36. The lowest BCUT2D eigenvalue weighted by molar-refractivity contribution is 0.124. The molecule has 0 aliphatic heterocycles. The van der Waals surface area contributed by atoms with E-state index in [0.29, 0.717) is 13.0 Å². The van der Waals surface area contributed by atoms with Crippen molar-refractivity contribution in [1.29, 1.82) is 0 Å². The first-order valence-electron chi connectivity index (χ1n) is 4.16. The van der Waals surface area contributed by atoms with Crippen molar-refractivity contribution in [3.63, 3.8) is 0 Å². The molecule has 0 radical (unpaired) electrons. The van der Waals surface area contributed by atoms with Crippen LogP contribution in [0.1, 0.15) is 32.6 Å². The molecule has 0 amide bonds. The van der Waals surface area contributed by atoms with Gasteiger partial charge in [-0.05, 0) is 12.8 Å². The molecule has 0 unspecified atom stereocenters. The summed E-state index contributed by atoms with van der Waals surface area (Å²) in [6.45, 7) is 2.82. The predicted molar refractivity (Wildman–Crippen MR) is 45.7 cm³/mol. The summed E-state index contributed by atoms with van der Waals surface area (Å²) in [4.78, 5) is 4.83. The van der Waals surface area contributed by atoms with Gasteiger partial charge in [0.25, 0.3) is 0 Å². The molecular formula is C8H17NO2. The minimum atomic E-state index is 0.171. The molecule has 0 atom stereocenters. The summed E-state index contributed by atoms with van der Waals surface area (Å²) in [6, 6.07) is 0. The molecule has 0 aromatic heterocycles. The SMILES string of the molecule is CCCC/C=N\OCCCO. The Balaban J connectivity index is 2.91. The van der Waals surface area contributed by atoms with Crippen LogP contribution >= 0.6 is 0 Å². The third-order valence-corrected chi connectivity index (χ3v) is 1.23. The third kappa shape index (κ3) is 9.43. The highest BCUT2D eigenvalue weighted by atomic mass is 16.6. The van der Waals surface area contributed by atoms with E-state index in [-0.39, 0.29) is 6.61 Å². The summed E-state index contributed by atoms with van der Waals surface area (Å²) in [5, 5.41) is 12.1. The zero-order valence-electron chi connectivity index (χ0n) is 7.12. The molecule has 0 bridgehead atoms. The molecule has 0 saturated heterocycles. The summed E-state index contributed by atoms with van der Waals surface area (Å²) < 4.78 is 0. The van der Waals surface area contributed by atoms with Gasteiger partial charge < -0.3 is 9.94 Å². The van der Waals surface area contributed by atoms with Gasteiger partial charge >= 0.3 is 0 Å². The van der Waals surface area contributed by atoms with Crippen LogP contribution in [0.4, 0.5) is 0 Å². The van der Waals surface area contributed by atoms with Crippen molar-refractivity contribution in [2.24, 2.45) is 5.16 Å². The van der Waals surface area contributed by atoms with Crippen molar-refractivity contribution in [2.75, 3.05) is 13.2 Å². The summed E-state index contributed by atoms with van der Waals surface area (Å²) >= 11 is 0. The van der Waals surface area contributed by atoms with Gasteiger partial charge in [0.1, 0.15) is 6.61 Å². The second-order valence-corrected chi connectivity index (χ2v) is 2.34. The number of unbranched alkanes of at least 4 members (excludes halogenated alkanes) is 2. The lowest BCUT2D eigenvalue weighted by Gasteiger charge is -1.94. The Labute approximate surface area is 68.1 Å². The molecular weight excluding hydrogens is 142 g/mol. The first-order valence-corrected chi connectivity index (χ1v) is 4.16. The van der Waals surface area contributed by atoms with Gasteiger partial charge in [-0.25, -0.2) is 0 Å². The maximum absolute atomic E-state index is 8.38. The zero-order valence-corrected chi connectivity index (χ0v) is 7.12. The molecule has 11 heavy (non-hydrogen) atoms. The summed E-state index contributed by atoms with van der Waals surface area (Å²) in [5.74, 6) is 0. The van der Waals surface area contributed by atoms with Crippen molar-refractivity contribution >= 4 is 6.21 Å². The van der Waals surface area contributed by atoms with Gasteiger partial charge in [-0.3, -0.25) is 0 Å². The summed E-state index contributed by atoms with van der Waals surface area (Å²) in [7, 11) is 0. The predicted octanol–water partition coefficient (Wildman–Crippen LogP) is 1.56. The second kappa shape index (κ2) is 9.43. The van der Waals surface area contributed by atoms with E-state index in [2.05, 4.69) is 12.1 Å². The van der Waals surface area contributed by atoms with E-state index >= 15 is 0 Å². The standard InChI is InChI=1S/C8H17NO2/c1-2-3-4-6-9-11-8-5-7-10/h6,10H,2-5,7-8H2,1H3/b9-6-. The fraction of sp³-hybridized carbons (Fsp3) is 0.875. The van der Waals surface area contributed by atoms with Crippen LogP contribution in [0.15, 0.2) is 5.16 Å². The maximum atomic E-state index is 8.38. The van der Waals surface area contributed by atoms with Crippen molar-refractivity contribution < 1.29 is 9.94 Å². The van der Waals surface area contributed by atoms with E-state index in [9.17, 15) is 0 Å². The van der Waals surface area contributed by atoms with Crippen LogP contribution in [-0.2, 0) is 4.84 Å². The molecule has 0 spiro atoms. The van der Waals surface area contributed by atoms with E-state index < -0.39 is 0 Å². The van der Waals surface area contributed by atoms with Crippen LogP contribution in [0.25, 0.3) is 0 Å². The summed E-state index contributed by atoms with van der Waals surface area (Å²) in [5.41, 5.74) is 0. The van der Waals surface area contributed by atoms with Gasteiger partial charge in [-0.1, -0.05) is 18.5 Å². The molecule has 0 aliphatic carbocycles. The monoisotopic (exact) mass is 159 g/mol. The minimum Gasteiger partial charge on any atom is -0.396 e. The lowest BCUT2D eigenvalue weighted by atomic mass is 10.3. The molecule has 0 saturated carbocycles. The molecule has 0 rings (SSSR count). The Bertz CT molecular complexity index is 94.1. The maximum Gasteiger partial charge on any atom is 0.119 e. The number of rotatable bonds is 7. The van der Waals surface area contributed by atoms with E-state index in [0.717, 1.165) is 12.8 Å². The average Bonchev–Trinajstić information content (AvgIpc) is 2.03. The normalized spacial score (nSPS) is 10.7. The second-order valence-electron chi connectivity index (χ2n) is 2.34. The van der Waals surface area contributed by atoms with Crippen LogP contribution in [0.3, 0.4) is 0 Å². The Hall–Kier alpha value is -0.570. The Morgan fingerprint density at radius 2 is 2.27 bits per heavy atom. The number of oxime groups is 1. The molecule has 3 nitrogen and oxygen atoms in total. The third-order valence-electron chi connectivity index (χ3n) is 1.23. The number of nitrogens with zero attached hydrogens (tertiary/aromatic N) is 1. The van der Waals surface area contributed by atoms with Crippen molar-refractivity contribution in [2.45, 2.75) is 32.6 Å². The summed E-state index contributed by atoms with van der Waals surface area (Å²) in [6.07, 6.45) is 5.76. The minimum absolute atomic E-state index is 0.171. The highest BCUT2D eigenvalue weighted by molar-refractivity contribution is 5.55. The molecule has 3 heteroatoms. The van der Waals surface area contributed by atoms with Crippen LogP contribution < -0.4 is 0 Å². The van der Waals surface area contributed by atoms with Crippen LogP contribution in [0.2, 0.25) is 0 Å². The average molecular weight is 159 g/mol. The van der Waals surface area contributed by atoms with Crippen molar-refractivity contribution in [3.05, 3.63) is 0 Å². The fourth-order valence-electron chi connectivity index (χ4n) is 0.583. The fourth-order valence-corrected chi connectivity index (χ4v) is 0.583. The van der Waals surface area contributed by atoms with E-state index in [1.807, 2.05) is 0 Å². The van der Waals surface area contributed by atoms with E-state index in [1.165, 1.54) is 6.42 Å². The highest BCUT2D eigenvalue weighted by Crippen LogP contribution is 1.90. The Kier molecular flexibility index (Phi) is 8.94. The highest BCUT2D eigenvalue weighted by Gasteiger charge is 1.82. The van der Waals surface area contributed by atoms with Gasteiger partial charge in [-0.15, -0.1) is 0 Å². The first-order chi connectivity index (χ1) is 5.41. The van der Waals surface area contributed by atoms with Crippen LogP contribution in [-0.4, -0.2) is 24.5 Å². The molecule has 0 aromatic rings. The largest absolute Gasteiger partial charge is 0.396 e. The van der Waals surface area contributed by atoms with E-state index in [4.69, 9.17) is 9.94 Å². The first kappa shape index (κ1) is 10.4. The molecule has 66 valence electrons. The number of aliphatic hydroxyl groups excluding tert-OH is 1. The Morgan fingerprint density at radius 3 is 2.91 bits per heavy atom. The molecule has 0 aromatic carbocycles.